The normalized spacial score (nSPS) is 33.6. The van der Waals surface area contributed by atoms with Crippen molar-refractivity contribution in [3.63, 3.8) is 0 Å². The maximum Gasteiger partial charge on any atom is 0.407 e. The summed E-state index contributed by atoms with van der Waals surface area (Å²) in [6.07, 6.45) is 6.97. The van der Waals surface area contributed by atoms with Crippen LogP contribution in [0.1, 0.15) is 73.1 Å². The Morgan fingerprint density at radius 3 is 2.48 bits per heavy atom. The average Bonchev–Trinajstić information content (AvgIpc) is 3.02. The molecule has 2 rings (SSSR count). The highest BCUT2D eigenvalue weighted by Gasteiger charge is 2.56. The third kappa shape index (κ3) is 4.60. The second-order valence-corrected chi connectivity index (χ2v) is 8.02. The minimum Gasteiger partial charge on any atom is -0.444 e. The van der Waals surface area contributed by atoms with Gasteiger partial charge in [0.05, 0.1) is 0 Å². The largest absolute Gasteiger partial charge is 0.444 e. The Balaban J connectivity index is 1.72. The van der Waals surface area contributed by atoms with E-state index in [1.165, 1.54) is 32.1 Å². The SMILES string of the molecule is CCC(C)NC1CCC2(CC1)CC2NC(=O)OC(C)(C)C. The molecule has 4 nitrogen and oxygen atoms in total. The van der Waals surface area contributed by atoms with Gasteiger partial charge < -0.3 is 15.4 Å². The first-order valence-corrected chi connectivity index (χ1v) is 8.50. The first-order valence-electron chi connectivity index (χ1n) is 8.50. The van der Waals surface area contributed by atoms with Gasteiger partial charge in [0.1, 0.15) is 5.60 Å². The third-order valence-electron chi connectivity index (χ3n) is 4.99. The van der Waals surface area contributed by atoms with Crippen LogP contribution in [0.25, 0.3) is 0 Å². The Labute approximate surface area is 129 Å². The Morgan fingerprint density at radius 1 is 1.33 bits per heavy atom. The predicted molar refractivity (Wildman–Crippen MR) is 85.4 cm³/mol. The van der Waals surface area contributed by atoms with Gasteiger partial charge in [-0.15, -0.1) is 0 Å². The van der Waals surface area contributed by atoms with Crippen LogP contribution in [-0.2, 0) is 4.74 Å². The molecule has 0 heterocycles. The molecule has 1 spiro atoms. The number of hydrogen-bond acceptors (Lipinski definition) is 3. The summed E-state index contributed by atoms with van der Waals surface area (Å²) in [4.78, 5) is 11.8. The Morgan fingerprint density at radius 2 is 1.95 bits per heavy atom. The predicted octanol–water partition coefficient (Wildman–Crippen LogP) is 3.60. The molecule has 2 N–H and O–H groups in total. The number of carbonyl (C=O) groups excluding carboxylic acids is 1. The molecule has 2 aliphatic carbocycles. The summed E-state index contributed by atoms with van der Waals surface area (Å²) in [7, 11) is 0. The van der Waals surface area contributed by atoms with E-state index in [0.29, 0.717) is 23.5 Å². The van der Waals surface area contributed by atoms with Crippen LogP contribution in [-0.4, -0.2) is 29.8 Å². The van der Waals surface area contributed by atoms with Gasteiger partial charge in [0.15, 0.2) is 0 Å². The highest BCUT2D eigenvalue weighted by molar-refractivity contribution is 5.68. The average molecular weight is 296 g/mol. The molecule has 2 unspecified atom stereocenters. The van der Waals surface area contributed by atoms with E-state index >= 15 is 0 Å². The summed E-state index contributed by atoms with van der Waals surface area (Å²) in [5, 5.41) is 6.76. The van der Waals surface area contributed by atoms with Crippen LogP contribution in [0.3, 0.4) is 0 Å². The Bertz CT molecular complexity index is 367. The first-order chi connectivity index (χ1) is 9.74. The van der Waals surface area contributed by atoms with Crippen LogP contribution in [0.2, 0.25) is 0 Å². The van der Waals surface area contributed by atoms with Gasteiger partial charge in [-0.25, -0.2) is 4.79 Å². The fraction of sp³-hybridized carbons (Fsp3) is 0.941. The molecule has 0 aliphatic heterocycles. The second-order valence-electron chi connectivity index (χ2n) is 8.02. The van der Waals surface area contributed by atoms with Crippen molar-refractivity contribution < 1.29 is 9.53 Å². The van der Waals surface area contributed by atoms with Crippen LogP contribution in [0.15, 0.2) is 0 Å². The molecule has 2 aliphatic rings. The summed E-state index contributed by atoms with van der Waals surface area (Å²) in [5.74, 6) is 0. The van der Waals surface area contributed by atoms with E-state index in [2.05, 4.69) is 24.5 Å². The van der Waals surface area contributed by atoms with Crippen molar-refractivity contribution in [3.05, 3.63) is 0 Å². The van der Waals surface area contributed by atoms with E-state index in [1.54, 1.807) is 0 Å². The summed E-state index contributed by atoms with van der Waals surface area (Å²) in [5.41, 5.74) is -0.0471. The summed E-state index contributed by atoms with van der Waals surface area (Å²) in [6.45, 7) is 10.2. The lowest BCUT2D eigenvalue weighted by Gasteiger charge is -2.32. The molecule has 122 valence electrons. The van der Waals surface area contributed by atoms with E-state index in [4.69, 9.17) is 4.74 Å². The van der Waals surface area contributed by atoms with E-state index in [-0.39, 0.29) is 6.09 Å². The van der Waals surface area contributed by atoms with E-state index in [0.717, 1.165) is 6.42 Å². The van der Waals surface area contributed by atoms with E-state index in [1.807, 2.05) is 20.8 Å². The van der Waals surface area contributed by atoms with Crippen LogP contribution in [0.4, 0.5) is 4.79 Å². The van der Waals surface area contributed by atoms with Crippen LogP contribution in [0.5, 0.6) is 0 Å². The van der Waals surface area contributed by atoms with Gasteiger partial charge in [-0.05, 0) is 71.6 Å². The molecule has 4 heteroatoms. The minimum atomic E-state index is -0.413. The zero-order valence-electron chi connectivity index (χ0n) is 14.3. The van der Waals surface area contributed by atoms with Crippen LogP contribution >= 0.6 is 0 Å². The molecule has 21 heavy (non-hydrogen) atoms. The molecule has 0 bridgehead atoms. The van der Waals surface area contributed by atoms with Crippen molar-refractivity contribution >= 4 is 6.09 Å². The van der Waals surface area contributed by atoms with Gasteiger partial charge in [-0.2, -0.15) is 0 Å². The molecule has 2 saturated carbocycles. The summed E-state index contributed by atoms with van der Waals surface area (Å²) < 4.78 is 5.35. The monoisotopic (exact) mass is 296 g/mol. The molecule has 0 radical (unpaired) electrons. The number of alkyl carbamates (subject to hydrolysis) is 1. The van der Waals surface area contributed by atoms with Crippen molar-refractivity contribution in [1.29, 1.82) is 0 Å². The third-order valence-corrected chi connectivity index (χ3v) is 4.99. The molecule has 0 aromatic heterocycles. The van der Waals surface area contributed by atoms with Crippen LogP contribution < -0.4 is 10.6 Å². The Hall–Kier alpha value is -0.770. The van der Waals surface area contributed by atoms with Gasteiger partial charge in [0.25, 0.3) is 0 Å². The zero-order valence-corrected chi connectivity index (χ0v) is 14.3. The van der Waals surface area contributed by atoms with Crippen molar-refractivity contribution in [2.45, 2.75) is 96.9 Å². The number of ether oxygens (including phenoxy) is 1. The second kappa shape index (κ2) is 6.15. The molecular weight excluding hydrogens is 264 g/mol. The number of hydrogen-bond donors (Lipinski definition) is 2. The number of amides is 1. The molecule has 0 saturated heterocycles. The lowest BCUT2D eigenvalue weighted by atomic mass is 9.82. The number of carbonyl (C=O) groups is 1. The van der Waals surface area contributed by atoms with Gasteiger partial charge in [0.2, 0.25) is 0 Å². The fourth-order valence-electron chi connectivity index (χ4n) is 3.43. The number of rotatable bonds is 4. The van der Waals surface area contributed by atoms with Gasteiger partial charge in [-0.1, -0.05) is 6.92 Å². The van der Waals surface area contributed by atoms with Crippen molar-refractivity contribution in [2.24, 2.45) is 5.41 Å². The molecule has 0 aromatic rings. The molecule has 2 fully saturated rings. The standard InChI is InChI=1S/C17H32N2O2/c1-6-12(2)18-13-7-9-17(10-8-13)11-14(17)19-15(20)21-16(3,4)5/h12-14,18H,6-11H2,1-5H3,(H,19,20). The van der Waals surface area contributed by atoms with Crippen molar-refractivity contribution in [2.75, 3.05) is 0 Å². The fourth-order valence-corrected chi connectivity index (χ4v) is 3.43. The van der Waals surface area contributed by atoms with Crippen molar-refractivity contribution in [3.8, 4) is 0 Å². The maximum atomic E-state index is 11.8. The number of nitrogens with one attached hydrogen (secondary N) is 2. The zero-order chi connectivity index (χ0) is 15.7. The summed E-state index contributed by atoms with van der Waals surface area (Å²) in [6, 6.07) is 1.60. The highest BCUT2D eigenvalue weighted by atomic mass is 16.6. The lowest BCUT2D eigenvalue weighted by Crippen LogP contribution is -2.41. The quantitative estimate of drug-likeness (QED) is 0.833. The summed E-state index contributed by atoms with van der Waals surface area (Å²) >= 11 is 0. The Kier molecular flexibility index (Phi) is 4.86. The van der Waals surface area contributed by atoms with Crippen LogP contribution in [0, 0.1) is 5.41 Å². The van der Waals surface area contributed by atoms with Gasteiger partial charge in [0, 0.05) is 18.1 Å². The van der Waals surface area contributed by atoms with E-state index in [9.17, 15) is 4.79 Å². The van der Waals surface area contributed by atoms with Gasteiger partial charge >= 0.3 is 6.09 Å². The van der Waals surface area contributed by atoms with E-state index < -0.39 is 5.60 Å². The minimum absolute atomic E-state index is 0.260. The maximum absolute atomic E-state index is 11.8. The first kappa shape index (κ1) is 16.6. The lowest BCUT2D eigenvalue weighted by molar-refractivity contribution is 0.0511. The molecule has 1 amide bonds. The molecular formula is C17H32N2O2. The van der Waals surface area contributed by atoms with Crippen molar-refractivity contribution in [1.82, 2.24) is 10.6 Å². The van der Waals surface area contributed by atoms with Gasteiger partial charge in [-0.3, -0.25) is 0 Å². The highest BCUT2D eigenvalue weighted by Crippen LogP contribution is 2.56. The smallest absolute Gasteiger partial charge is 0.407 e. The molecule has 2 atom stereocenters. The molecule has 0 aromatic carbocycles. The topological polar surface area (TPSA) is 50.4 Å².